The Labute approximate surface area is 133 Å². The minimum Gasteiger partial charge on any atom is -0.481 e. The summed E-state index contributed by atoms with van der Waals surface area (Å²) in [5.74, 6) is -1.01. The van der Waals surface area contributed by atoms with Crippen molar-refractivity contribution in [3.63, 3.8) is 0 Å². The van der Waals surface area contributed by atoms with Gasteiger partial charge in [0.05, 0.1) is 12.1 Å². The number of fused-ring (bicyclic) bond motifs is 1. The largest absolute Gasteiger partial charge is 0.481 e. The van der Waals surface area contributed by atoms with Gasteiger partial charge in [0.15, 0.2) is 0 Å². The molecule has 0 aliphatic carbocycles. The van der Waals surface area contributed by atoms with E-state index in [4.69, 9.17) is 4.52 Å². The van der Waals surface area contributed by atoms with Crippen molar-refractivity contribution >= 4 is 17.8 Å². The smallest absolute Gasteiger partial charge is 0.313 e. The van der Waals surface area contributed by atoms with Crippen molar-refractivity contribution in [3.8, 4) is 0 Å². The van der Waals surface area contributed by atoms with Gasteiger partial charge in [0, 0.05) is 45.1 Å². The van der Waals surface area contributed by atoms with Crippen LogP contribution in [0, 0.1) is 18.3 Å². The summed E-state index contributed by atoms with van der Waals surface area (Å²) in [6, 6.07) is 1.69. The number of likely N-dealkylation sites (tertiary alicyclic amines) is 2. The summed E-state index contributed by atoms with van der Waals surface area (Å²) >= 11 is 0. The molecule has 23 heavy (non-hydrogen) atoms. The van der Waals surface area contributed by atoms with E-state index in [2.05, 4.69) is 5.16 Å². The monoisotopic (exact) mass is 321 g/mol. The van der Waals surface area contributed by atoms with Gasteiger partial charge in [0.25, 0.3) is 0 Å². The van der Waals surface area contributed by atoms with Crippen LogP contribution in [-0.4, -0.2) is 64.0 Å². The van der Waals surface area contributed by atoms with Gasteiger partial charge in [0.2, 0.25) is 11.8 Å². The Balaban J connectivity index is 1.73. The Morgan fingerprint density at radius 2 is 2.00 bits per heavy atom. The Morgan fingerprint density at radius 3 is 2.52 bits per heavy atom. The van der Waals surface area contributed by atoms with E-state index in [-0.39, 0.29) is 37.2 Å². The number of hydrogen-bond acceptors (Lipinski definition) is 5. The van der Waals surface area contributed by atoms with Gasteiger partial charge < -0.3 is 19.4 Å². The third-order valence-electron chi connectivity index (χ3n) is 4.84. The molecular formula is C15H19N3O5. The van der Waals surface area contributed by atoms with Crippen molar-refractivity contribution in [2.75, 3.05) is 26.2 Å². The SMILES string of the molecule is CC(=O)N1C[C@H]2CN(C(=O)Cc3cc(C)no3)C[C@@]2(C(=O)O)C1. The molecule has 0 aromatic carbocycles. The van der Waals surface area contributed by atoms with Crippen molar-refractivity contribution in [1.29, 1.82) is 0 Å². The summed E-state index contributed by atoms with van der Waals surface area (Å²) in [6.07, 6.45) is 0.0691. The fourth-order valence-electron chi connectivity index (χ4n) is 3.56. The molecule has 0 bridgehead atoms. The summed E-state index contributed by atoms with van der Waals surface area (Å²) in [5.41, 5.74) is -0.358. The maximum Gasteiger partial charge on any atom is 0.313 e. The molecule has 8 nitrogen and oxygen atoms in total. The maximum atomic E-state index is 12.4. The number of carboxylic acid groups (broad SMARTS) is 1. The summed E-state index contributed by atoms with van der Waals surface area (Å²) in [4.78, 5) is 38.9. The van der Waals surface area contributed by atoms with Gasteiger partial charge in [-0.1, -0.05) is 5.16 Å². The van der Waals surface area contributed by atoms with E-state index in [0.29, 0.717) is 24.5 Å². The van der Waals surface area contributed by atoms with Crippen molar-refractivity contribution in [2.45, 2.75) is 20.3 Å². The van der Waals surface area contributed by atoms with Crippen LogP contribution in [-0.2, 0) is 20.8 Å². The molecule has 8 heteroatoms. The molecular weight excluding hydrogens is 302 g/mol. The lowest BCUT2D eigenvalue weighted by Crippen LogP contribution is -2.43. The fourth-order valence-corrected chi connectivity index (χ4v) is 3.56. The third-order valence-corrected chi connectivity index (χ3v) is 4.84. The molecule has 0 spiro atoms. The third kappa shape index (κ3) is 2.58. The summed E-state index contributed by atoms with van der Waals surface area (Å²) in [7, 11) is 0. The topological polar surface area (TPSA) is 104 Å². The van der Waals surface area contributed by atoms with Crippen molar-refractivity contribution in [3.05, 3.63) is 17.5 Å². The van der Waals surface area contributed by atoms with Crippen LogP contribution in [0.15, 0.2) is 10.6 Å². The summed E-state index contributed by atoms with van der Waals surface area (Å²) < 4.78 is 5.04. The van der Waals surface area contributed by atoms with Crippen LogP contribution in [0.3, 0.4) is 0 Å². The Bertz CT molecular complexity index is 670. The maximum absolute atomic E-state index is 12.4. The first kappa shape index (κ1) is 15.5. The fraction of sp³-hybridized carbons (Fsp3) is 0.600. The predicted octanol–water partition coefficient (Wildman–Crippen LogP) is -0.0830. The van der Waals surface area contributed by atoms with E-state index in [1.54, 1.807) is 22.8 Å². The van der Waals surface area contributed by atoms with E-state index in [1.165, 1.54) is 6.92 Å². The number of amides is 2. The number of aromatic nitrogens is 1. The Kier molecular flexibility index (Phi) is 3.62. The summed E-state index contributed by atoms with van der Waals surface area (Å²) in [6.45, 7) is 4.23. The van der Waals surface area contributed by atoms with E-state index in [9.17, 15) is 19.5 Å². The molecule has 2 fully saturated rings. The molecule has 3 heterocycles. The van der Waals surface area contributed by atoms with Gasteiger partial charge >= 0.3 is 5.97 Å². The highest BCUT2D eigenvalue weighted by Crippen LogP contribution is 2.43. The van der Waals surface area contributed by atoms with Crippen LogP contribution in [0.5, 0.6) is 0 Å². The van der Waals surface area contributed by atoms with Crippen LogP contribution in [0.4, 0.5) is 0 Å². The minimum atomic E-state index is -1.06. The molecule has 1 aromatic heterocycles. The van der Waals surface area contributed by atoms with Gasteiger partial charge in [-0.05, 0) is 6.92 Å². The zero-order valence-corrected chi connectivity index (χ0v) is 13.1. The first-order valence-electron chi connectivity index (χ1n) is 7.51. The van der Waals surface area contributed by atoms with Crippen LogP contribution < -0.4 is 0 Å². The predicted molar refractivity (Wildman–Crippen MR) is 77.3 cm³/mol. The van der Waals surface area contributed by atoms with E-state index < -0.39 is 11.4 Å². The first-order valence-corrected chi connectivity index (χ1v) is 7.51. The van der Waals surface area contributed by atoms with Crippen molar-refractivity contribution in [2.24, 2.45) is 11.3 Å². The van der Waals surface area contributed by atoms with Crippen LogP contribution >= 0.6 is 0 Å². The number of carbonyl (C=O) groups excluding carboxylic acids is 2. The second kappa shape index (κ2) is 5.36. The summed E-state index contributed by atoms with van der Waals surface area (Å²) in [5, 5.41) is 13.4. The highest BCUT2D eigenvalue weighted by Gasteiger charge is 2.59. The Morgan fingerprint density at radius 1 is 1.35 bits per heavy atom. The van der Waals surface area contributed by atoms with Crippen LogP contribution in [0.1, 0.15) is 18.4 Å². The lowest BCUT2D eigenvalue weighted by Gasteiger charge is -2.24. The number of carboxylic acids is 1. The molecule has 0 unspecified atom stereocenters. The first-order chi connectivity index (χ1) is 10.8. The lowest BCUT2D eigenvalue weighted by molar-refractivity contribution is -0.149. The number of rotatable bonds is 3. The second-order valence-corrected chi connectivity index (χ2v) is 6.44. The van der Waals surface area contributed by atoms with E-state index in [1.807, 2.05) is 0 Å². The molecule has 1 N–H and O–H groups in total. The van der Waals surface area contributed by atoms with E-state index >= 15 is 0 Å². The zero-order valence-electron chi connectivity index (χ0n) is 13.1. The van der Waals surface area contributed by atoms with Crippen LogP contribution in [0.25, 0.3) is 0 Å². The molecule has 2 aliphatic rings. The quantitative estimate of drug-likeness (QED) is 0.835. The minimum absolute atomic E-state index is 0.0691. The number of carbonyl (C=O) groups is 3. The average Bonchev–Trinajstić information content (AvgIpc) is 3.10. The standard InChI is InChI=1S/C15H19N3O5/c1-9-3-12(23-16-9)4-13(20)18-6-11-5-17(10(2)19)7-15(11,8-18)14(21)22/h3,11H,4-8H2,1-2H3,(H,21,22)/t11-,15-/m0/s1. The molecule has 0 saturated carbocycles. The molecule has 1 aromatic rings. The van der Waals surface area contributed by atoms with Gasteiger partial charge in [-0.2, -0.15) is 0 Å². The number of hydrogen-bond donors (Lipinski definition) is 1. The van der Waals surface area contributed by atoms with Gasteiger partial charge in [-0.15, -0.1) is 0 Å². The highest BCUT2D eigenvalue weighted by molar-refractivity contribution is 5.84. The molecule has 0 radical (unpaired) electrons. The molecule has 2 aliphatic heterocycles. The molecule has 124 valence electrons. The zero-order chi connectivity index (χ0) is 16.8. The van der Waals surface area contributed by atoms with Gasteiger partial charge in [0.1, 0.15) is 11.2 Å². The molecule has 2 atom stereocenters. The second-order valence-electron chi connectivity index (χ2n) is 6.44. The highest BCUT2D eigenvalue weighted by atomic mass is 16.5. The van der Waals surface area contributed by atoms with Crippen LogP contribution in [0.2, 0.25) is 0 Å². The van der Waals surface area contributed by atoms with Crippen molar-refractivity contribution < 1.29 is 24.0 Å². The van der Waals surface area contributed by atoms with E-state index in [0.717, 1.165) is 0 Å². The van der Waals surface area contributed by atoms with Gasteiger partial charge in [-0.3, -0.25) is 14.4 Å². The normalized spacial score (nSPS) is 26.4. The lowest BCUT2D eigenvalue weighted by atomic mass is 9.81. The number of nitrogens with zero attached hydrogens (tertiary/aromatic N) is 3. The molecule has 2 saturated heterocycles. The number of aryl methyl sites for hydroxylation is 1. The molecule has 2 amide bonds. The Hall–Kier alpha value is -2.38. The number of aliphatic carboxylic acids is 1. The van der Waals surface area contributed by atoms with Crippen molar-refractivity contribution in [1.82, 2.24) is 15.0 Å². The van der Waals surface area contributed by atoms with Gasteiger partial charge in [-0.25, -0.2) is 0 Å². The molecule has 3 rings (SSSR count). The average molecular weight is 321 g/mol.